The lowest BCUT2D eigenvalue weighted by atomic mass is 10.0. The van der Waals surface area contributed by atoms with Crippen molar-refractivity contribution < 1.29 is 13.9 Å². The first kappa shape index (κ1) is 15.9. The highest BCUT2D eigenvalue weighted by molar-refractivity contribution is 5.90. The number of nitrogens with two attached hydrogens (primary N) is 2. The van der Waals surface area contributed by atoms with Gasteiger partial charge in [0, 0.05) is 30.1 Å². The van der Waals surface area contributed by atoms with Crippen LogP contribution in [0.25, 0.3) is 5.57 Å². The summed E-state index contributed by atoms with van der Waals surface area (Å²) >= 11 is 0. The summed E-state index contributed by atoms with van der Waals surface area (Å²) in [6.07, 6.45) is 1.86. The molecule has 2 aromatic rings. The van der Waals surface area contributed by atoms with Crippen LogP contribution in [0.2, 0.25) is 0 Å². The number of benzene rings is 1. The van der Waals surface area contributed by atoms with Gasteiger partial charge in [0.2, 0.25) is 0 Å². The molecular weight excluding hydrogens is 313 g/mol. The van der Waals surface area contributed by atoms with E-state index in [-0.39, 0.29) is 24.8 Å². The zero-order valence-electron chi connectivity index (χ0n) is 12.7. The van der Waals surface area contributed by atoms with Crippen LogP contribution in [0.3, 0.4) is 0 Å². The fourth-order valence-electron chi connectivity index (χ4n) is 2.50. The Kier molecular flexibility index (Phi) is 4.39. The zero-order valence-corrected chi connectivity index (χ0v) is 12.7. The number of rotatable bonds is 4. The summed E-state index contributed by atoms with van der Waals surface area (Å²) in [5.74, 6) is -0.529. The number of anilines is 1. The number of hydrogen-bond donors (Lipinski definition) is 2. The Hall–Kier alpha value is -3.00. The molecule has 3 rings (SSSR count). The standard InChI is InChI=1S/C16H16FN5O2/c17-14-6-10(22-9-11(7-18)24-16(22)23)3-4-12(14)13(8-19)15-2-1-5-20-21-15/h1-6,8,11H,7,9,18-19H2. The molecule has 124 valence electrons. The first-order valence-electron chi connectivity index (χ1n) is 7.32. The maximum absolute atomic E-state index is 14.6. The van der Waals surface area contributed by atoms with E-state index in [2.05, 4.69) is 10.2 Å². The van der Waals surface area contributed by atoms with Gasteiger partial charge in [-0.05, 0) is 30.3 Å². The Morgan fingerprint density at radius 2 is 2.29 bits per heavy atom. The fraction of sp³-hybridized carbons (Fsp3) is 0.188. The van der Waals surface area contributed by atoms with Crippen LogP contribution in [-0.2, 0) is 4.74 Å². The van der Waals surface area contributed by atoms with Crippen molar-refractivity contribution in [3.05, 3.63) is 59.8 Å². The number of aromatic nitrogens is 2. The molecule has 1 aromatic carbocycles. The van der Waals surface area contributed by atoms with Crippen molar-refractivity contribution in [3.63, 3.8) is 0 Å². The molecule has 1 fully saturated rings. The van der Waals surface area contributed by atoms with E-state index < -0.39 is 11.9 Å². The molecule has 0 radical (unpaired) electrons. The van der Waals surface area contributed by atoms with Crippen LogP contribution in [0.5, 0.6) is 0 Å². The van der Waals surface area contributed by atoms with Gasteiger partial charge in [-0.3, -0.25) is 4.90 Å². The SMILES string of the molecule is NC=C(c1cccnn1)c1ccc(N2CC(CN)OC2=O)cc1F. The van der Waals surface area contributed by atoms with Gasteiger partial charge in [-0.1, -0.05) is 0 Å². The van der Waals surface area contributed by atoms with Crippen LogP contribution in [0, 0.1) is 5.82 Å². The number of halogens is 1. The van der Waals surface area contributed by atoms with Gasteiger partial charge in [0.1, 0.15) is 11.9 Å². The second-order valence-electron chi connectivity index (χ2n) is 5.21. The van der Waals surface area contributed by atoms with Gasteiger partial charge < -0.3 is 16.2 Å². The summed E-state index contributed by atoms with van der Waals surface area (Å²) < 4.78 is 19.7. The van der Waals surface area contributed by atoms with E-state index in [1.54, 1.807) is 24.3 Å². The predicted molar refractivity (Wildman–Crippen MR) is 86.4 cm³/mol. The van der Waals surface area contributed by atoms with Crippen molar-refractivity contribution in [2.45, 2.75) is 6.10 Å². The van der Waals surface area contributed by atoms with E-state index in [0.717, 1.165) is 0 Å². The molecule has 1 aliphatic heterocycles. The number of cyclic esters (lactones) is 1. The third kappa shape index (κ3) is 2.91. The molecule has 4 N–H and O–H groups in total. The largest absolute Gasteiger partial charge is 0.443 e. The van der Waals surface area contributed by atoms with Gasteiger partial charge in [-0.2, -0.15) is 10.2 Å². The minimum atomic E-state index is -0.541. The van der Waals surface area contributed by atoms with Crippen LogP contribution in [0.1, 0.15) is 11.3 Å². The third-order valence-electron chi connectivity index (χ3n) is 3.71. The lowest BCUT2D eigenvalue weighted by molar-refractivity contribution is 0.145. The summed E-state index contributed by atoms with van der Waals surface area (Å²) in [5, 5.41) is 7.70. The normalized spacial score (nSPS) is 17.9. The lowest BCUT2D eigenvalue weighted by Gasteiger charge is -2.15. The molecule has 1 atom stereocenters. The summed E-state index contributed by atoms with van der Waals surface area (Å²) in [7, 11) is 0. The molecular formula is C16H16FN5O2. The van der Waals surface area contributed by atoms with Gasteiger partial charge in [0.05, 0.1) is 17.9 Å². The number of nitrogens with zero attached hydrogens (tertiary/aromatic N) is 3. The molecule has 0 saturated carbocycles. The highest BCUT2D eigenvalue weighted by atomic mass is 19.1. The van der Waals surface area contributed by atoms with E-state index in [1.165, 1.54) is 23.4 Å². The average molecular weight is 329 g/mol. The first-order chi connectivity index (χ1) is 11.6. The summed E-state index contributed by atoms with van der Waals surface area (Å²) in [6, 6.07) is 7.79. The Morgan fingerprint density at radius 1 is 1.46 bits per heavy atom. The van der Waals surface area contributed by atoms with Crippen LogP contribution in [-0.4, -0.2) is 35.5 Å². The molecule has 0 aliphatic carbocycles. The first-order valence-corrected chi connectivity index (χ1v) is 7.32. The number of carbonyl (C=O) groups is 1. The van der Waals surface area contributed by atoms with Crippen LogP contribution in [0.15, 0.2) is 42.7 Å². The molecule has 0 bridgehead atoms. The Morgan fingerprint density at radius 3 is 2.88 bits per heavy atom. The highest BCUT2D eigenvalue weighted by Crippen LogP contribution is 2.28. The molecule has 1 aromatic heterocycles. The quantitative estimate of drug-likeness (QED) is 0.874. The third-order valence-corrected chi connectivity index (χ3v) is 3.71. The van der Waals surface area contributed by atoms with Crippen LogP contribution < -0.4 is 16.4 Å². The minimum absolute atomic E-state index is 0.218. The molecule has 7 nitrogen and oxygen atoms in total. The number of ether oxygens (including phenoxy) is 1. The second kappa shape index (κ2) is 6.63. The Balaban J connectivity index is 1.92. The van der Waals surface area contributed by atoms with Gasteiger partial charge in [0.25, 0.3) is 0 Å². The van der Waals surface area contributed by atoms with Gasteiger partial charge in [0.15, 0.2) is 0 Å². The smallest absolute Gasteiger partial charge is 0.414 e. The summed E-state index contributed by atoms with van der Waals surface area (Å²) in [5.41, 5.74) is 12.7. The van der Waals surface area contributed by atoms with Crippen molar-refractivity contribution in [2.75, 3.05) is 18.0 Å². The zero-order chi connectivity index (χ0) is 17.1. The van der Waals surface area contributed by atoms with Crippen LogP contribution >= 0.6 is 0 Å². The molecule has 1 unspecified atom stereocenters. The molecule has 1 aliphatic rings. The van der Waals surface area contributed by atoms with Gasteiger partial charge in [-0.15, -0.1) is 0 Å². The number of carbonyl (C=O) groups excluding carboxylic acids is 1. The monoisotopic (exact) mass is 329 g/mol. The molecule has 24 heavy (non-hydrogen) atoms. The van der Waals surface area contributed by atoms with Crippen molar-refractivity contribution in [1.82, 2.24) is 10.2 Å². The Labute approximate surface area is 137 Å². The van der Waals surface area contributed by atoms with Gasteiger partial charge in [-0.25, -0.2) is 9.18 Å². The predicted octanol–water partition coefficient (Wildman–Crippen LogP) is 1.25. The molecule has 8 heteroatoms. The van der Waals surface area contributed by atoms with Gasteiger partial charge >= 0.3 is 6.09 Å². The molecule has 1 amide bonds. The summed E-state index contributed by atoms with van der Waals surface area (Å²) in [6.45, 7) is 0.507. The lowest BCUT2D eigenvalue weighted by Crippen LogP contribution is -2.27. The van der Waals surface area contributed by atoms with E-state index in [1.807, 2.05) is 0 Å². The van der Waals surface area contributed by atoms with Crippen molar-refractivity contribution in [3.8, 4) is 0 Å². The fourth-order valence-corrected chi connectivity index (χ4v) is 2.50. The van der Waals surface area contributed by atoms with Crippen LogP contribution in [0.4, 0.5) is 14.9 Å². The maximum atomic E-state index is 14.6. The number of hydrogen-bond acceptors (Lipinski definition) is 6. The average Bonchev–Trinajstić information content (AvgIpc) is 2.99. The minimum Gasteiger partial charge on any atom is -0.443 e. The molecule has 2 heterocycles. The molecule has 1 saturated heterocycles. The van der Waals surface area contributed by atoms with E-state index >= 15 is 0 Å². The molecule has 0 spiro atoms. The van der Waals surface area contributed by atoms with Crippen molar-refractivity contribution >= 4 is 17.4 Å². The topological polar surface area (TPSA) is 107 Å². The highest BCUT2D eigenvalue weighted by Gasteiger charge is 2.31. The Bertz CT molecular complexity index is 781. The number of amides is 1. The van der Waals surface area contributed by atoms with E-state index in [9.17, 15) is 9.18 Å². The second-order valence-corrected chi connectivity index (χ2v) is 5.21. The van der Waals surface area contributed by atoms with Crippen molar-refractivity contribution in [2.24, 2.45) is 11.5 Å². The van der Waals surface area contributed by atoms with E-state index in [0.29, 0.717) is 17.0 Å². The van der Waals surface area contributed by atoms with Crippen molar-refractivity contribution in [1.29, 1.82) is 0 Å². The summed E-state index contributed by atoms with van der Waals surface area (Å²) in [4.78, 5) is 13.2. The van der Waals surface area contributed by atoms with E-state index in [4.69, 9.17) is 16.2 Å². The maximum Gasteiger partial charge on any atom is 0.414 e.